The number of aryl methyl sites for hydroxylation is 2. The average Bonchev–Trinajstić information content (AvgIpc) is 2.75. The van der Waals surface area contributed by atoms with E-state index in [1.807, 2.05) is 38.1 Å². The van der Waals surface area contributed by atoms with Gasteiger partial charge in [-0.05, 0) is 48.7 Å². The van der Waals surface area contributed by atoms with Crippen molar-refractivity contribution in [2.75, 3.05) is 5.75 Å². The van der Waals surface area contributed by atoms with Crippen LogP contribution in [-0.4, -0.2) is 25.1 Å². The van der Waals surface area contributed by atoms with Crippen LogP contribution < -0.4 is 10.1 Å². The normalized spacial score (nSPS) is 11.2. The minimum absolute atomic E-state index is 0.0420. The second kappa shape index (κ2) is 9.09. The van der Waals surface area contributed by atoms with Crippen LogP contribution in [0.2, 0.25) is 0 Å². The maximum atomic E-state index is 12.6. The van der Waals surface area contributed by atoms with Gasteiger partial charge < -0.3 is 10.1 Å². The molecule has 1 aromatic heterocycles. The van der Waals surface area contributed by atoms with Gasteiger partial charge in [-0.3, -0.25) is 4.79 Å². The molecular weight excluding hydrogens is 400 g/mol. The summed E-state index contributed by atoms with van der Waals surface area (Å²) in [5.41, 5.74) is 3.02. The van der Waals surface area contributed by atoms with Crippen LogP contribution >= 0.6 is 0 Å². The van der Waals surface area contributed by atoms with Crippen LogP contribution in [0, 0.1) is 13.8 Å². The van der Waals surface area contributed by atoms with Crippen LogP contribution in [0.15, 0.2) is 65.7 Å². The lowest BCUT2D eigenvalue weighted by atomic mass is 10.1. The minimum Gasteiger partial charge on any atom is -0.439 e. The van der Waals surface area contributed by atoms with Gasteiger partial charge in [0, 0.05) is 18.8 Å². The smallest absolute Gasteiger partial charge is 0.252 e. The first-order chi connectivity index (χ1) is 14.3. The molecule has 0 saturated carbocycles. The summed E-state index contributed by atoms with van der Waals surface area (Å²) in [6, 6.07) is 15.7. The van der Waals surface area contributed by atoms with E-state index in [2.05, 4.69) is 10.3 Å². The Morgan fingerprint density at radius 3 is 2.53 bits per heavy atom. The fourth-order valence-electron chi connectivity index (χ4n) is 2.86. The zero-order valence-electron chi connectivity index (χ0n) is 17.2. The predicted molar refractivity (Wildman–Crippen MR) is 116 cm³/mol. The van der Waals surface area contributed by atoms with Gasteiger partial charge in [-0.15, -0.1) is 0 Å². The zero-order chi connectivity index (χ0) is 21.7. The summed E-state index contributed by atoms with van der Waals surface area (Å²) in [6.45, 7) is 5.73. The van der Waals surface area contributed by atoms with Crippen LogP contribution in [0.1, 0.15) is 34.0 Å². The Kier molecular flexibility index (Phi) is 6.52. The fraction of sp³-hybridized carbons (Fsp3) is 0.217. The molecule has 7 heteroatoms. The Bertz CT molecular complexity index is 1160. The second-order valence-electron chi connectivity index (χ2n) is 6.96. The summed E-state index contributed by atoms with van der Waals surface area (Å²) in [5.74, 6) is 0.692. The highest BCUT2D eigenvalue weighted by atomic mass is 32.2. The first-order valence-electron chi connectivity index (χ1n) is 9.60. The Morgan fingerprint density at radius 1 is 1.07 bits per heavy atom. The first-order valence-corrected chi connectivity index (χ1v) is 11.3. The third-order valence-electron chi connectivity index (χ3n) is 4.66. The Morgan fingerprint density at radius 2 is 1.83 bits per heavy atom. The number of carbonyl (C=O) groups is 1. The number of amides is 1. The van der Waals surface area contributed by atoms with E-state index in [0.717, 1.165) is 22.4 Å². The molecule has 2 aromatic carbocycles. The predicted octanol–water partition coefficient (Wildman–Crippen LogP) is 4.21. The standard InChI is InChI=1S/C23H24N2O4S/c1-4-30(27,28)21-8-6-5-7-19(21)23(26)25-15-18-11-12-22(24-14-18)29-20-13-16(2)9-10-17(20)3/h5-14H,4,15H2,1-3H3,(H,25,26). The number of ether oxygens (including phenoxy) is 1. The molecule has 0 spiro atoms. The lowest BCUT2D eigenvalue weighted by Gasteiger charge is -2.11. The lowest BCUT2D eigenvalue weighted by molar-refractivity contribution is 0.0947. The average molecular weight is 425 g/mol. The Labute approximate surface area is 176 Å². The van der Waals surface area contributed by atoms with Crippen molar-refractivity contribution in [3.8, 4) is 11.6 Å². The van der Waals surface area contributed by atoms with E-state index in [4.69, 9.17) is 4.74 Å². The maximum absolute atomic E-state index is 12.6. The van der Waals surface area contributed by atoms with E-state index in [0.29, 0.717) is 5.88 Å². The van der Waals surface area contributed by atoms with Crippen LogP contribution in [0.4, 0.5) is 0 Å². The number of sulfone groups is 1. The lowest BCUT2D eigenvalue weighted by Crippen LogP contribution is -2.25. The van der Waals surface area contributed by atoms with Crippen molar-refractivity contribution in [3.05, 3.63) is 83.0 Å². The first kappa shape index (κ1) is 21.5. The second-order valence-corrected chi connectivity index (χ2v) is 9.20. The van der Waals surface area contributed by atoms with Crippen molar-refractivity contribution in [1.29, 1.82) is 0 Å². The molecule has 0 aliphatic heterocycles. The number of nitrogens with zero attached hydrogens (tertiary/aromatic N) is 1. The fourth-order valence-corrected chi connectivity index (χ4v) is 3.96. The summed E-state index contributed by atoms with van der Waals surface area (Å²) in [4.78, 5) is 16.9. The van der Waals surface area contributed by atoms with Crippen LogP contribution in [0.3, 0.4) is 0 Å². The van der Waals surface area contributed by atoms with Gasteiger partial charge in [0.1, 0.15) is 5.75 Å². The number of hydrogen-bond donors (Lipinski definition) is 1. The number of benzene rings is 2. The van der Waals surface area contributed by atoms with E-state index in [1.165, 1.54) is 12.1 Å². The van der Waals surface area contributed by atoms with Crippen molar-refractivity contribution < 1.29 is 17.9 Å². The number of rotatable bonds is 7. The minimum atomic E-state index is -3.49. The van der Waals surface area contributed by atoms with Crippen molar-refractivity contribution in [1.82, 2.24) is 10.3 Å². The summed E-state index contributed by atoms with van der Waals surface area (Å²) in [7, 11) is -3.49. The molecule has 0 saturated heterocycles. The number of aromatic nitrogens is 1. The van der Waals surface area contributed by atoms with Gasteiger partial charge in [-0.2, -0.15) is 0 Å². The molecule has 1 N–H and O–H groups in total. The quantitative estimate of drug-likeness (QED) is 0.614. The summed E-state index contributed by atoms with van der Waals surface area (Å²) < 4.78 is 30.3. The molecule has 0 unspecified atom stereocenters. The van der Waals surface area contributed by atoms with E-state index in [-0.39, 0.29) is 22.8 Å². The molecule has 0 fully saturated rings. The van der Waals surface area contributed by atoms with Gasteiger partial charge >= 0.3 is 0 Å². The third-order valence-corrected chi connectivity index (χ3v) is 6.44. The highest BCUT2D eigenvalue weighted by Crippen LogP contribution is 2.24. The molecule has 0 bridgehead atoms. The molecule has 1 amide bonds. The maximum Gasteiger partial charge on any atom is 0.252 e. The highest BCUT2D eigenvalue weighted by molar-refractivity contribution is 7.91. The van der Waals surface area contributed by atoms with Gasteiger partial charge in [-0.1, -0.05) is 37.3 Å². The molecule has 3 rings (SSSR count). The van der Waals surface area contributed by atoms with Gasteiger partial charge in [0.15, 0.2) is 9.84 Å². The highest BCUT2D eigenvalue weighted by Gasteiger charge is 2.20. The van der Waals surface area contributed by atoms with Gasteiger partial charge in [0.2, 0.25) is 5.88 Å². The van der Waals surface area contributed by atoms with Crippen LogP contribution in [-0.2, 0) is 16.4 Å². The van der Waals surface area contributed by atoms with E-state index in [1.54, 1.807) is 31.3 Å². The molecular formula is C23H24N2O4S. The van der Waals surface area contributed by atoms with E-state index < -0.39 is 15.7 Å². The largest absolute Gasteiger partial charge is 0.439 e. The topological polar surface area (TPSA) is 85.4 Å². The van der Waals surface area contributed by atoms with Crippen LogP contribution in [0.5, 0.6) is 11.6 Å². The number of hydrogen-bond acceptors (Lipinski definition) is 5. The van der Waals surface area contributed by atoms with E-state index >= 15 is 0 Å². The molecule has 0 aliphatic carbocycles. The summed E-state index contributed by atoms with van der Waals surface area (Å²) >= 11 is 0. The number of pyridine rings is 1. The van der Waals surface area contributed by atoms with Crippen molar-refractivity contribution in [2.24, 2.45) is 0 Å². The number of nitrogens with one attached hydrogen (secondary N) is 1. The SMILES string of the molecule is CCS(=O)(=O)c1ccccc1C(=O)NCc1ccc(Oc2cc(C)ccc2C)nc1. The molecule has 0 aliphatic rings. The molecule has 30 heavy (non-hydrogen) atoms. The Balaban J connectivity index is 1.67. The zero-order valence-corrected chi connectivity index (χ0v) is 18.0. The van der Waals surface area contributed by atoms with Crippen molar-refractivity contribution in [2.45, 2.75) is 32.2 Å². The van der Waals surface area contributed by atoms with Gasteiger partial charge in [0.05, 0.1) is 16.2 Å². The Hall–Kier alpha value is -3.19. The molecule has 0 radical (unpaired) electrons. The molecule has 0 atom stereocenters. The van der Waals surface area contributed by atoms with Crippen molar-refractivity contribution >= 4 is 15.7 Å². The van der Waals surface area contributed by atoms with Crippen LogP contribution in [0.25, 0.3) is 0 Å². The molecule has 6 nitrogen and oxygen atoms in total. The monoisotopic (exact) mass is 424 g/mol. The third kappa shape index (κ3) is 5.04. The summed E-state index contributed by atoms with van der Waals surface area (Å²) in [6.07, 6.45) is 1.62. The van der Waals surface area contributed by atoms with E-state index in [9.17, 15) is 13.2 Å². The molecule has 156 valence electrons. The summed E-state index contributed by atoms with van der Waals surface area (Å²) in [5, 5.41) is 2.75. The molecule has 1 heterocycles. The van der Waals surface area contributed by atoms with Crippen molar-refractivity contribution in [3.63, 3.8) is 0 Å². The molecule has 3 aromatic rings. The van der Waals surface area contributed by atoms with Gasteiger partial charge in [-0.25, -0.2) is 13.4 Å². The number of carbonyl (C=O) groups excluding carboxylic acids is 1. The van der Waals surface area contributed by atoms with Gasteiger partial charge in [0.25, 0.3) is 5.91 Å².